The van der Waals surface area contributed by atoms with E-state index in [1.54, 1.807) is 72.8 Å². The summed E-state index contributed by atoms with van der Waals surface area (Å²) >= 11 is 15.8. The van der Waals surface area contributed by atoms with E-state index in [0.717, 1.165) is 17.3 Å². The molecule has 1 aliphatic heterocycles. The van der Waals surface area contributed by atoms with Gasteiger partial charge in [0.1, 0.15) is 22.2 Å². The van der Waals surface area contributed by atoms with Crippen LogP contribution >= 0.6 is 51.5 Å². The number of ether oxygens (including phenoxy) is 1. The van der Waals surface area contributed by atoms with Crippen molar-refractivity contribution in [3.63, 3.8) is 0 Å². The van der Waals surface area contributed by atoms with Crippen molar-refractivity contribution in [2.24, 2.45) is 0 Å². The van der Waals surface area contributed by atoms with E-state index in [1.807, 2.05) is 0 Å². The van der Waals surface area contributed by atoms with E-state index >= 15 is 0 Å². The van der Waals surface area contributed by atoms with E-state index in [4.69, 9.17) is 33.0 Å². The number of thiocarbonyl (C=S) groups is 1. The van der Waals surface area contributed by atoms with Crippen molar-refractivity contribution < 1.29 is 23.5 Å². The monoisotopic (exact) mass is 640 g/mol. The third-order valence-corrected chi connectivity index (χ3v) is 8.07. The summed E-state index contributed by atoms with van der Waals surface area (Å²) in [6, 6.07) is 18.9. The zero-order valence-corrected chi connectivity index (χ0v) is 24.2. The van der Waals surface area contributed by atoms with Gasteiger partial charge in [-0.2, -0.15) is 0 Å². The van der Waals surface area contributed by atoms with Gasteiger partial charge in [0.25, 0.3) is 5.91 Å². The molecule has 4 aromatic rings. The molecule has 11 heteroatoms. The van der Waals surface area contributed by atoms with Gasteiger partial charge in [0.2, 0.25) is 11.7 Å². The average molecular weight is 642 g/mol. The molecule has 0 aliphatic carbocycles. The number of methoxy groups -OCH3 is 1. The number of ketones is 1. The summed E-state index contributed by atoms with van der Waals surface area (Å²) in [6.45, 7) is -0.330. The van der Waals surface area contributed by atoms with Crippen molar-refractivity contribution >= 4 is 96.2 Å². The Kier molecular flexibility index (Phi) is 7.90. The maximum Gasteiger partial charge on any atom is 0.266 e. The Morgan fingerprint density at radius 3 is 2.62 bits per heavy atom. The number of thioether (sulfide) groups is 1. The first kappa shape index (κ1) is 27.1. The van der Waals surface area contributed by atoms with E-state index in [2.05, 4.69) is 21.2 Å². The van der Waals surface area contributed by atoms with Crippen LogP contribution < -0.4 is 10.1 Å². The molecule has 0 spiro atoms. The Morgan fingerprint density at radius 2 is 1.90 bits per heavy atom. The highest BCUT2D eigenvalue weighted by molar-refractivity contribution is 9.10. The highest BCUT2D eigenvalue weighted by Gasteiger charge is 2.34. The van der Waals surface area contributed by atoms with Gasteiger partial charge in [-0.1, -0.05) is 59.8 Å². The predicted molar refractivity (Wildman–Crippen MR) is 160 cm³/mol. The minimum absolute atomic E-state index is 0.0327. The SMILES string of the molecule is COc1ccc(C(=O)c2oc3ccccc3c2NC(=O)CN2C(=O)/C(=C/c3ccc(Cl)cc3)SC2=S)cc1Br. The molecule has 7 nitrogen and oxygen atoms in total. The fraction of sp³-hybridized carbons (Fsp3) is 0.0714. The van der Waals surface area contributed by atoms with Crippen LogP contribution in [0.1, 0.15) is 21.7 Å². The van der Waals surface area contributed by atoms with Gasteiger partial charge in [-0.25, -0.2) is 0 Å². The smallest absolute Gasteiger partial charge is 0.266 e. The zero-order valence-electron chi connectivity index (χ0n) is 20.2. The van der Waals surface area contributed by atoms with Crippen molar-refractivity contribution in [1.29, 1.82) is 0 Å². The van der Waals surface area contributed by atoms with Crippen LogP contribution in [0.15, 0.2) is 80.5 Å². The molecular formula is C28H18BrClN2O5S2. The molecule has 0 radical (unpaired) electrons. The molecule has 0 bridgehead atoms. The van der Waals surface area contributed by atoms with Gasteiger partial charge in [0, 0.05) is 16.0 Å². The summed E-state index contributed by atoms with van der Waals surface area (Å²) < 4.78 is 12.0. The fourth-order valence-electron chi connectivity index (χ4n) is 3.94. The molecular weight excluding hydrogens is 624 g/mol. The van der Waals surface area contributed by atoms with Crippen LogP contribution in [-0.2, 0) is 9.59 Å². The maximum absolute atomic E-state index is 13.4. The Balaban J connectivity index is 1.39. The number of carbonyl (C=O) groups excluding carboxylic acids is 3. The summed E-state index contributed by atoms with van der Waals surface area (Å²) in [5, 5.41) is 3.91. The topological polar surface area (TPSA) is 88.8 Å². The fourth-order valence-corrected chi connectivity index (χ4v) is 5.86. The van der Waals surface area contributed by atoms with E-state index in [-0.39, 0.29) is 28.2 Å². The highest BCUT2D eigenvalue weighted by Crippen LogP contribution is 2.35. The molecule has 5 rings (SSSR count). The predicted octanol–water partition coefficient (Wildman–Crippen LogP) is 6.93. The van der Waals surface area contributed by atoms with Crippen LogP contribution in [0.5, 0.6) is 5.75 Å². The lowest BCUT2D eigenvalue weighted by Gasteiger charge is -2.14. The molecule has 39 heavy (non-hydrogen) atoms. The number of nitrogens with one attached hydrogen (secondary N) is 1. The number of benzene rings is 3. The number of furan rings is 1. The molecule has 196 valence electrons. The quantitative estimate of drug-likeness (QED) is 0.133. The lowest BCUT2D eigenvalue weighted by Crippen LogP contribution is -2.36. The summed E-state index contributed by atoms with van der Waals surface area (Å²) in [6.07, 6.45) is 1.70. The molecule has 0 unspecified atom stereocenters. The van der Waals surface area contributed by atoms with Crippen molar-refractivity contribution in [3.05, 3.63) is 98.0 Å². The third-order valence-electron chi connectivity index (χ3n) is 5.82. The van der Waals surface area contributed by atoms with Gasteiger partial charge in [0.05, 0.1) is 22.2 Å². The number of fused-ring (bicyclic) bond motifs is 1. The molecule has 2 heterocycles. The lowest BCUT2D eigenvalue weighted by molar-refractivity contribution is -0.126. The van der Waals surface area contributed by atoms with Crippen LogP contribution in [0.4, 0.5) is 5.69 Å². The van der Waals surface area contributed by atoms with Crippen molar-refractivity contribution in [1.82, 2.24) is 4.90 Å². The number of halogens is 2. The molecule has 1 aromatic heterocycles. The number of amides is 2. The number of para-hydroxylation sites is 1. The van der Waals surface area contributed by atoms with Gasteiger partial charge >= 0.3 is 0 Å². The Labute approximate surface area is 246 Å². The Hall–Kier alpha value is -3.44. The number of hydrogen-bond donors (Lipinski definition) is 1. The van der Waals surface area contributed by atoms with Gasteiger partial charge in [-0.15, -0.1) is 0 Å². The van der Waals surface area contributed by atoms with Crippen molar-refractivity contribution in [2.45, 2.75) is 0 Å². The van der Waals surface area contributed by atoms with Gasteiger partial charge in [-0.3, -0.25) is 19.3 Å². The lowest BCUT2D eigenvalue weighted by atomic mass is 10.1. The van der Waals surface area contributed by atoms with Crippen molar-refractivity contribution in [2.75, 3.05) is 19.0 Å². The van der Waals surface area contributed by atoms with Gasteiger partial charge in [-0.05, 0) is 70.0 Å². The summed E-state index contributed by atoms with van der Waals surface area (Å²) in [4.78, 5) is 41.3. The second-order valence-electron chi connectivity index (χ2n) is 8.35. The minimum atomic E-state index is -0.532. The molecule has 0 atom stereocenters. The van der Waals surface area contributed by atoms with Crippen LogP contribution in [0, 0.1) is 0 Å². The first-order valence-electron chi connectivity index (χ1n) is 11.5. The first-order valence-corrected chi connectivity index (χ1v) is 13.9. The minimum Gasteiger partial charge on any atom is -0.496 e. The first-order chi connectivity index (χ1) is 18.7. The standard InChI is InChI=1S/C28H18BrClN2O5S2/c1-36-21-11-8-16(13-19(21)29)25(34)26-24(18-4-2-3-5-20(18)37-26)31-23(33)14-32-27(35)22(39-28(32)38)12-15-6-9-17(30)10-7-15/h2-13H,14H2,1H3,(H,31,33)/b22-12-. The number of hydrogen-bond acceptors (Lipinski definition) is 7. The van der Waals surface area contributed by atoms with E-state index < -0.39 is 11.7 Å². The molecule has 3 aromatic carbocycles. The molecule has 2 amide bonds. The van der Waals surface area contributed by atoms with Crippen LogP contribution in [0.3, 0.4) is 0 Å². The Morgan fingerprint density at radius 1 is 1.15 bits per heavy atom. The molecule has 1 N–H and O–H groups in total. The summed E-state index contributed by atoms with van der Waals surface area (Å²) in [5.74, 6) is -0.809. The largest absolute Gasteiger partial charge is 0.496 e. The molecule has 1 aliphatic rings. The van der Waals surface area contributed by atoms with Crippen LogP contribution in [0.25, 0.3) is 17.0 Å². The molecule has 0 saturated carbocycles. The number of nitrogens with zero attached hydrogens (tertiary/aromatic N) is 1. The van der Waals surface area contributed by atoms with Gasteiger partial charge in [0.15, 0.2) is 5.76 Å². The van der Waals surface area contributed by atoms with E-state index in [9.17, 15) is 14.4 Å². The number of anilines is 1. The van der Waals surface area contributed by atoms with Gasteiger partial charge < -0.3 is 14.5 Å². The van der Waals surface area contributed by atoms with E-state index in [0.29, 0.717) is 36.7 Å². The maximum atomic E-state index is 13.4. The Bertz CT molecular complexity index is 1680. The second-order valence-corrected chi connectivity index (χ2v) is 11.3. The van der Waals surface area contributed by atoms with Crippen LogP contribution in [-0.4, -0.2) is 40.5 Å². The van der Waals surface area contributed by atoms with Crippen molar-refractivity contribution in [3.8, 4) is 5.75 Å². The third kappa shape index (κ3) is 5.65. The average Bonchev–Trinajstić information content (AvgIpc) is 3.41. The summed E-state index contributed by atoms with van der Waals surface area (Å²) in [5.41, 5.74) is 1.76. The van der Waals surface area contributed by atoms with Crippen LogP contribution in [0.2, 0.25) is 5.02 Å². The second kappa shape index (κ2) is 11.4. The molecule has 1 fully saturated rings. The zero-order chi connectivity index (χ0) is 27.7. The molecule has 1 saturated heterocycles. The number of rotatable bonds is 7. The summed E-state index contributed by atoms with van der Waals surface area (Å²) in [7, 11) is 1.53. The van der Waals surface area contributed by atoms with E-state index in [1.165, 1.54) is 12.0 Å². The highest BCUT2D eigenvalue weighted by atomic mass is 79.9. The normalized spacial score (nSPS) is 14.3. The number of carbonyl (C=O) groups is 3.